The number of H-pyrrole nitrogens is 1. The number of nitrogens with one attached hydrogen (secondary N) is 1. The Morgan fingerprint density at radius 1 is 0.623 bits per heavy atom. The van der Waals surface area contributed by atoms with Crippen molar-refractivity contribution in [1.29, 1.82) is 0 Å². The maximum atomic E-state index is 11.2. The Bertz CT molecular complexity index is 2380. The summed E-state index contributed by atoms with van der Waals surface area (Å²) in [5, 5.41) is 41.4. The molecule has 3 N–H and O–H groups in total. The second-order valence-corrected chi connectivity index (χ2v) is 24.9. The second kappa shape index (κ2) is 17.9. The van der Waals surface area contributed by atoms with Crippen LogP contribution >= 0.6 is 40.0 Å². The van der Waals surface area contributed by atoms with E-state index < -0.39 is 0 Å². The Kier molecular flexibility index (Phi) is 14.9. The predicted octanol–water partition coefficient (Wildman–Crippen LogP) is 10.5. The van der Waals surface area contributed by atoms with Gasteiger partial charge in [-0.05, 0) is 125 Å². The normalized spacial score (nSPS) is 10.8. The van der Waals surface area contributed by atoms with Gasteiger partial charge in [-0.1, -0.05) is 0 Å². The van der Waals surface area contributed by atoms with Crippen molar-refractivity contribution in [1.82, 2.24) is 29.8 Å². The van der Waals surface area contributed by atoms with Crippen molar-refractivity contribution in [3.05, 3.63) is 87.4 Å². The van der Waals surface area contributed by atoms with Gasteiger partial charge in [0, 0.05) is 62.9 Å². The number of nitro groups is 2. The third kappa shape index (κ3) is 8.22. The summed E-state index contributed by atoms with van der Waals surface area (Å²) in [6.07, 6.45) is 0. The van der Waals surface area contributed by atoms with Gasteiger partial charge < -0.3 is 5.73 Å². The average Bonchev–Trinajstić information content (AvgIpc) is 3.77. The first-order valence-electron chi connectivity index (χ1n) is 17.1. The summed E-state index contributed by atoms with van der Waals surface area (Å²) in [6.45, 7) is 28.9. The number of hydrogen-bond acceptors (Lipinski definition) is 8. The van der Waals surface area contributed by atoms with Gasteiger partial charge in [-0.2, -0.15) is 15.3 Å². The fourth-order valence-corrected chi connectivity index (χ4v) is 7.29. The zero-order valence-corrected chi connectivity index (χ0v) is 38.7. The van der Waals surface area contributed by atoms with Crippen LogP contribution in [0, 0.1) is 103 Å². The van der Waals surface area contributed by atoms with Crippen LogP contribution in [0.3, 0.4) is 0 Å². The van der Waals surface area contributed by atoms with Crippen molar-refractivity contribution >= 4 is 89.7 Å². The number of aromatic amines is 1. The summed E-state index contributed by atoms with van der Waals surface area (Å²) >= 11 is 4.74. The van der Waals surface area contributed by atoms with Gasteiger partial charge >= 0.3 is 49.4 Å². The molecule has 0 saturated carbocycles. The molecule has 3 heterocycles. The first-order valence-corrected chi connectivity index (χ1v) is 26.1. The first-order chi connectivity index (χ1) is 24.7. The third-order valence-corrected chi connectivity index (χ3v) is 10.3. The van der Waals surface area contributed by atoms with E-state index in [9.17, 15) is 20.2 Å². The summed E-state index contributed by atoms with van der Waals surface area (Å²) in [6, 6.07) is 0. The Balaban J connectivity index is 0.000000206. The van der Waals surface area contributed by atoms with Crippen LogP contribution < -0.4 is 5.73 Å². The summed E-state index contributed by atoms with van der Waals surface area (Å²) < 4.78 is 3.99. The van der Waals surface area contributed by atoms with Crippen LogP contribution in [0.1, 0.15) is 81.0 Å². The van der Waals surface area contributed by atoms with Crippen LogP contribution in [0.2, 0.25) is 0 Å². The molecule has 0 saturated heterocycles. The molecule has 0 bridgehead atoms. The molecule has 0 aliphatic heterocycles. The Morgan fingerprint density at radius 3 is 1.42 bits per heavy atom. The number of nitrogen functional groups attached to an aromatic ring is 1. The van der Waals surface area contributed by atoms with E-state index in [4.69, 9.17) is 5.73 Å². The molecule has 0 amide bonds. The number of halogens is 2. The predicted molar refractivity (Wildman–Crippen MR) is 230 cm³/mol. The van der Waals surface area contributed by atoms with E-state index in [0.717, 1.165) is 85.5 Å². The number of fused-ring (bicyclic) bond motifs is 3. The van der Waals surface area contributed by atoms with Crippen molar-refractivity contribution < 1.29 is 19.3 Å². The van der Waals surface area contributed by atoms with Crippen molar-refractivity contribution in [2.24, 2.45) is 0 Å². The number of rotatable bonds is 4. The minimum absolute atomic E-state index is 0.203. The van der Waals surface area contributed by atoms with Gasteiger partial charge in [0.25, 0.3) is 11.4 Å². The van der Waals surface area contributed by atoms with Crippen molar-refractivity contribution in [2.45, 2.75) is 110 Å². The van der Waals surface area contributed by atoms with E-state index in [0.29, 0.717) is 20.6 Å². The molecule has 3 aromatic carbocycles. The van der Waals surface area contributed by atoms with Gasteiger partial charge in [-0.3, -0.25) is 34.7 Å². The van der Waals surface area contributed by atoms with E-state index in [1.165, 1.54) is 22.0 Å². The molecule has 3 aromatic heterocycles. The van der Waals surface area contributed by atoms with E-state index in [1.807, 2.05) is 53.1 Å². The van der Waals surface area contributed by atoms with Crippen LogP contribution in [-0.4, -0.2) is 39.6 Å². The SMILES string of the molecule is CCn1nc(C)c2c(C)c(N)c(C)c(C)c21.CCn1nc(C)c2c(C)c([N+](=O)[O-])c(C)c(C)c21.Cc1c([N+](=O)[O-])c(C)c2c(C)[nH]nc2c1C.[I][V][I]. The Labute approximate surface area is 339 Å². The van der Waals surface area contributed by atoms with E-state index in [-0.39, 0.29) is 21.2 Å². The van der Waals surface area contributed by atoms with Crippen molar-refractivity contribution in [2.75, 3.05) is 5.73 Å². The van der Waals surface area contributed by atoms with Crippen molar-refractivity contribution in [3.8, 4) is 0 Å². The zero-order valence-electron chi connectivity index (χ0n) is 33.0. The zero-order chi connectivity index (χ0) is 40.4. The molecular formula is C37H49I2N9O4V. The second-order valence-electron chi connectivity index (χ2n) is 13.1. The molecule has 53 heavy (non-hydrogen) atoms. The molecule has 285 valence electrons. The number of nitrogens with zero attached hydrogens (tertiary/aromatic N) is 7. The first kappa shape index (κ1) is 44.1. The standard InChI is InChI=1S/C13H17N3O2.C13H19N3.C11H13N3O2.2HI.V/c1-6-15-13-8(3)7(2)12(16(17)18)9(4)11(13)10(5)14-15;1-6-16-13-8(3)7(2)12(14)9(4)11(13)10(5)15-16;1-5-6(2)11(14(15)16)7(3)9-8(4)12-13-10(5)9;;;/h6H2,1-5H3;6,14H2,1-5H3;1-4H3,(H,12,13);2*1H;/q;;;;;+2/p-2. The molecule has 6 aromatic rings. The summed E-state index contributed by atoms with van der Waals surface area (Å²) in [5.41, 5.74) is 21.6. The average molecular weight is 989 g/mol. The van der Waals surface area contributed by atoms with Gasteiger partial charge in [0.2, 0.25) is 0 Å². The molecule has 0 fully saturated rings. The molecule has 0 radical (unpaired) electrons. The number of nitrogens with two attached hydrogens (primary N) is 1. The number of anilines is 1. The molecule has 0 atom stereocenters. The summed E-state index contributed by atoms with van der Waals surface area (Å²) in [4.78, 5) is 21.6. The molecule has 0 spiro atoms. The van der Waals surface area contributed by atoms with Gasteiger partial charge in [-0.25, -0.2) is 0 Å². The monoisotopic (exact) mass is 988 g/mol. The quantitative estimate of drug-likeness (QED) is 0.0759. The van der Waals surface area contributed by atoms with E-state index in [1.54, 1.807) is 13.8 Å². The molecule has 6 rings (SSSR count). The summed E-state index contributed by atoms with van der Waals surface area (Å²) in [7, 11) is 0.628. The molecule has 0 unspecified atom stereocenters. The third-order valence-electron chi connectivity index (χ3n) is 10.3. The Morgan fingerprint density at radius 2 is 1.00 bits per heavy atom. The Hall–Kier alpha value is -3.29. The minimum atomic E-state index is -0.316. The van der Waals surface area contributed by atoms with Gasteiger partial charge in [0.1, 0.15) is 0 Å². The fourth-order valence-electron chi connectivity index (χ4n) is 7.29. The number of hydrogen-bond donors (Lipinski definition) is 2. The fraction of sp³-hybridized carbons (Fsp3) is 0.432. The maximum absolute atomic E-state index is 11.2. The molecule has 13 nitrogen and oxygen atoms in total. The van der Waals surface area contributed by atoms with Gasteiger partial charge in [0.15, 0.2) is 0 Å². The van der Waals surface area contributed by atoms with Crippen LogP contribution in [0.5, 0.6) is 0 Å². The number of aryl methyl sites for hydroxylation is 11. The molecule has 16 heteroatoms. The number of nitro benzene ring substituents is 2. The van der Waals surface area contributed by atoms with Crippen LogP contribution in [-0.2, 0) is 22.6 Å². The van der Waals surface area contributed by atoms with Crippen molar-refractivity contribution in [3.63, 3.8) is 0 Å². The van der Waals surface area contributed by atoms with Gasteiger partial charge in [-0.15, -0.1) is 0 Å². The van der Waals surface area contributed by atoms with Gasteiger partial charge in [0.05, 0.1) is 37.8 Å². The molecular weight excluding hydrogens is 939 g/mol. The van der Waals surface area contributed by atoms with E-state index >= 15 is 0 Å². The van der Waals surface area contributed by atoms with Crippen LogP contribution in [0.15, 0.2) is 0 Å². The number of benzene rings is 3. The number of aromatic nitrogens is 6. The summed E-state index contributed by atoms with van der Waals surface area (Å²) in [5.74, 6) is 0. The van der Waals surface area contributed by atoms with Crippen LogP contribution in [0.4, 0.5) is 17.1 Å². The molecule has 0 aliphatic rings. The molecule has 0 aliphatic carbocycles. The topological polar surface area (TPSA) is 177 Å². The van der Waals surface area contributed by atoms with E-state index in [2.05, 4.69) is 99.7 Å². The van der Waals surface area contributed by atoms with Crippen LogP contribution in [0.25, 0.3) is 32.7 Å².